The number of hydrogen-bond donors (Lipinski definition) is 1. The van der Waals surface area contributed by atoms with Crippen LogP contribution in [0.15, 0.2) is 47.4 Å². The molecule has 0 amide bonds. The van der Waals surface area contributed by atoms with E-state index < -0.39 is 23.3 Å². The van der Waals surface area contributed by atoms with Crippen molar-refractivity contribution in [2.24, 2.45) is 0 Å². The second-order valence-electron chi connectivity index (χ2n) is 8.04. The molecule has 10 heteroatoms. The zero-order valence-corrected chi connectivity index (χ0v) is 18.8. The molecule has 0 spiro atoms. The van der Waals surface area contributed by atoms with E-state index in [-0.39, 0.29) is 0 Å². The highest BCUT2D eigenvalue weighted by atomic mass is 32.2. The number of benzene rings is 2. The van der Waals surface area contributed by atoms with Crippen molar-refractivity contribution in [3.8, 4) is 11.4 Å². The van der Waals surface area contributed by atoms with Gasteiger partial charge in [-0.05, 0) is 81.1 Å². The summed E-state index contributed by atoms with van der Waals surface area (Å²) in [5, 5.41) is 18.2. The van der Waals surface area contributed by atoms with Crippen LogP contribution in [0.5, 0.6) is 5.75 Å². The van der Waals surface area contributed by atoms with Crippen molar-refractivity contribution in [1.29, 1.82) is 0 Å². The zero-order valence-electron chi connectivity index (χ0n) is 18.0. The van der Waals surface area contributed by atoms with Crippen LogP contribution in [-0.4, -0.2) is 31.7 Å². The van der Waals surface area contributed by atoms with Gasteiger partial charge in [0.15, 0.2) is 0 Å². The number of rotatable bonds is 7. The van der Waals surface area contributed by atoms with Crippen LogP contribution in [0.3, 0.4) is 0 Å². The summed E-state index contributed by atoms with van der Waals surface area (Å²) in [5.74, 6) is 0.148. The van der Waals surface area contributed by atoms with Gasteiger partial charge in [0.05, 0.1) is 22.6 Å². The molecule has 174 valence electrons. The highest BCUT2D eigenvalue weighted by molar-refractivity contribution is 7.98. The van der Waals surface area contributed by atoms with Crippen molar-refractivity contribution in [2.45, 2.75) is 55.5 Å². The number of alkyl halides is 3. The molecule has 0 atom stereocenters. The lowest BCUT2D eigenvalue weighted by molar-refractivity contribution is -0.163. The van der Waals surface area contributed by atoms with Gasteiger partial charge in [0.2, 0.25) is 5.60 Å². The molecule has 1 aliphatic rings. The number of aliphatic carboxylic acids is 1. The second-order valence-corrected chi connectivity index (χ2v) is 9.09. The summed E-state index contributed by atoms with van der Waals surface area (Å²) >= 11 is 1.53. The van der Waals surface area contributed by atoms with Crippen molar-refractivity contribution in [3.05, 3.63) is 65.0 Å². The van der Waals surface area contributed by atoms with E-state index in [2.05, 4.69) is 10.2 Å². The van der Waals surface area contributed by atoms with Gasteiger partial charge < -0.3 is 9.84 Å². The van der Waals surface area contributed by atoms with Crippen molar-refractivity contribution in [2.75, 3.05) is 0 Å². The topological polar surface area (TPSA) is 77.2 Å². The summed E-state index contributed by atoms with van der Waals surface area (Å²) < 4.78 is 44.1. The third-order valence-electron chi connectivity index (χ3n) is 5.68. The fraction of sp³-hybridized carbons (Fsp3) is 0.348. The second kappa shape index (κ2) is 8.74. The predicted octanol–water partition coefficient (Wildman–Crippen LogP) is 5.58. The van der Waals surface area contributed by atoms with Crippen LogP contribution in [0.25, 0.3) is 5.69 Å². The van der Waals surface area contributed by atoms with Gasteiger partial charge in [-0.15, -0.1) is 11.8 Å². The third kappa shape index (κ3) is 4.85. The standard InChI is InChI=1S/C23H22F3N3O3S/c1-14-12-18(8-9-20(14)32-22(21(30)31)10-3-11-22)33-13-19-15(2)27-29(28-19)17-6-4-16(5-7-17)23(24,25)26/h4-9,12H,3,10-11,13H2,1-2H3,(H,30,31). The molecule has 1 fully saturated rings. The average molecular weight is 478 g/mol. The van der Waals surface area contributed by atoms with Crippen molar-refractivity contribution in [1.82, 2.24) is 15.0 Å². The van der Waals surface area contributed by atoms with Gasteiger partial charge in [-0.2, -0.15) is 28.2 Å². The number of hydrogen-bond acceptors (Lipinski definition) is 5. The number of halogens is 3. The maximum Gasteiger partial charge on any atom is 0.416 e. The van der Waals surface area contributed by atoms with Crippen molar-refractivity contribution < 1.29 is 27.8 Å². The Morgan fingerprint density at radius 2 is 1.85 bits per heavy atom. The number of aromatic nitrogens is 3. The lowest BCUT2D eigenvalue weighted by atomic mass is 9.80. The summed E-state index contributed by atoms with van der Waals surface area (Å²) in [6, 6.07) is 10.3. The Kier molecular flexibility index (Phi) is 6.13. The monoisotopic (exact) mass is 477 g/mol. The number of nitrogens with zero attached hydrogens (tertiary/aromatic N) is 3. The van der Waals surface area contributed by atoms with E-state index in [0.717, 1.165) is 34.7 Å². The van der Waals surface area contributed by atoms with Gasteiger partial charge in [0.25, 0.3) is 0 Å². The number of carboxylic acid groups (broad SMARTS) is 1. The zero-order chi connectivity index (χ0) is 23.8. The molecule has 1 N–H and O–H groups in total. The molecule has 1 aliphatic carbocycles. The summed E-state index contributed by atoms with van der Waals surface area (Å²) in [6.07, 6.45) is -2.54. The van der Waals surface area contributed by atoms with Crippen LogP contribution >= 0.6 is 11.8 Å². The Bertz CT molecular complexity index is 1170. The molecule has 0 saturated heterocycles. The minimum Gasteiger partial charge on any atom is -0.478 e. The molecule has 0 unspecified atom stereocenters. The fourth-order valence-electron chi connectivity index (χ4n) is 3.49. The Morgan fingerprint density at radius 1 is 1.15 bits per heavy atom. The Morgan fingerprint density at radius 3 is 2.39 bits per heavy atom. The molecule has 1 aromatic heterocycles. The number of ether oxygens (including phenoxy) is 1. The predicted molar refractivity (Wildman–Crippen MR) is 117 cm³/mol. The smallest absolute Gasteiger partial charge is 0.416 e. The highest BCUT2D eigenvalue weighted by Gasteiger charge is 2.47. The summed E-state index contributed by atoms with van der Waals surface area (Å²) in [7, 11) is 0. The van der Waals surface area contributed by atoms with Crippen molar-refractivity contribution >= 4 is 17.7 Å². The Labute approximate surface area is 192 Å². The van der Waals surface area contributed by atoms with Crippen LogP contribution in [0.2, 0.25) is 0 Å². The SMILES string of the molecule is Cc1cc(SCc2nn(-c3ccc(C(F)(F)F)cc3)nc2C)ccc1OC1(C(=O)O)CCC1. The van der Waals surface area contributed by atoms with Gasteiger partial charge in [-0.3, -0.25) is 0 Å². The fourth-order valence-corrected chi connectivity index (χ4v) is 4.48. The normalized spacial score (nSPS) is 15.2. The first-order valence-corrected chi connectivity index (χ1v) is 11.3. The van der Waals surface area contributed by atoms with E-state index >= 15 is 0 Å². The van der Waals surface area contributed by atoms with Crippen LogP contribution < -0.4 is 4.74 Å². The van der Waals surface area contributed by atoms with Gasteiger partial charge >= 0.3 is 12.1 Å². The lowest BCUT2D eigenvalue weighted by Crippen LogP contribution is -2.50. The third-order valence-corrected chi connectivity index (χ3v) is 6.69. The van der Waals surface area contributed by atoms with E-state index in [1.807, 2.05) is 19.1 Å². The molecule has 6 nitrogen and oxygen atoms in total. The number of carboxylic acids is 1. The first kappa shape index (κ1) is 23.2. The highest BCUT2D eigenvalue weighted by Crippen LogP contribution is 2.39. The number of aryl methyl sites for hydroxylation is 2. The number of carbonyl (C=O) groups is 1. The molecule has 1 saturated carbocycles. The quantitative estimate of drug-likeness (QED) is 0.448. The molecule has 4 rings (SSSR count). The molecule has 33 heavy (non-hydrogen) atoms. The minimum atomic E-state index is -4.39. The van der Waals surface area contributed by atoms with E-state index in [1.165, 1.54) is 28.7 Å². The molecule has 1 heterocycles. The van der Waals surface area contributed by atoms with E-state index in [0.29, 0.717) is 35.7 Å². The van der Waals surface area contributed by atoms with Crippen molar-refractivity contribution in [3.63, 3.8) is 0 Å². The van der Waals surface area contributed by atoms with E-state index in [9.17, 15) is 23.1 Å². The Hall–Kier alpha value is -3.01. The van der Waals surface area contributed by atoms with Crippen LogP contribution in [-0.2, 0) is 16.7 Å². The number of thioether (sulfide) groups is 1. The lowest BCUT2D eigenvalue weighted by Gasteiger charge is -2.38. The van der Waals surface area contributed by atoms with Crippen LogP contribution in [0, 0.1) is 13.8 Å². The largest absolute Gasteiger partial charge is 0.478 e. The maximum absolute atomic E-state index is 12.8. The molecule has 0 aliphatic heterocycles. The summed E-state index contributed by atoms with van der Waals surface area (Å²) in [5.41, 5.74) is 0.860. The molecular formula is C23H22F3N3O3S. The molecule has 0 radical (unpaired) electrons. The van der Waals surface area contributed by atoms with Crippen LogP contribution in [0.4, 0.5) is 13.2 Å². The molecular weight excluding hydrogens is 455 g/mol. The molecule has 2 aromatic carbocycles. The van der Waals surface area contributed by atoms with Crippen LogP contribution in [0.1, 0.15) is 41.8 Å². The first-order chi connectivity index (χ1) is 15.6. The summed E-state index contributed by atoms with van der Waals surface area (Å²) in [6.45, 7) is 3.68. The van der Waals surface area contributed by atoms with Gasteiger partial charge in [0, 0.05) is 10.6 Å². The molecule has 0 bridgehead atoms. The summed E-state index contributed by atoms with van der Waals surface area (Å²) in [4.78, 5) is 13.8. The van der Waals surface area contributed by atoms with E-state index in [1.54, 1.807) is 13.0 Å². The maximum atomic E-state index is 12.8. The van der Waals surface area contributed by atoms with Gasteiger partial charge in [0.1, 0.15) is 5.75 Å². The van der Waals surface area contributed by atoms with E-state index in [4.69, 9.17) is 4.74 Å². The van der Waals surface area contributed by atoms with Gasteiger partial charge in [-0.1, -0.05) is 0 Å². The minimum absolute atomic E-state index is 0.447. The Balaban J connectivity index is 1.43. The molecule has 3 aromatic rings. The first-order valence-electron chi connectivity index (χ1n) is 10.3. The van der Waals surface area contributed by atoms with Gasteiger partial charge in [-0.25, -0.2) is 4.79 Å². The average Bonchev–Trinajstić information content (AvgIpc) is 3.10.